The molecule has 3 aromatic heterocycles. The Bertz CT molecular complexity index is 1110. The lowest BCUT2D eigenvalue weighted by molar-refractivity contribution is -0.117. The molecule has 1 unspecified atom stereocenters. The number of ether oxygens (including phenoxy) is 1. The Morgan fingerprint density at radius 3 is 2.90 bits per heavy atom. The van der Waals surface area contributed by atoms with Crippen LogP contribution in [0.15, 0.2) is 55.5 Å². The first kappa shape index (κ1) is 19.8. The summed E-state index contributed by atoms with van der Waals surface area (Å²) in [6.45, 7) is 0.592. The fourth-order valence-electron chi connectivity index (χ4n) is 3.77. The van der Waals surface area contributed by atoms with Gasteiger partial charge in [0.15, 0.2) is 0 Å². The Morgan fingerprint density at radius 1 is 1.30 bits per heavy atom. The van der Waals surface area contributed by atoms with Crippen LogP contribution < -0.4 is 10.1 Å². The summed E-state index contributed by atoms with van der Waals surface area (Å²) < 4.78 is 29.1. The Morgan fingerprint density at radius 2 is 2.17 bits per heavy atom. The lowest BCUT2D eigenvalue weighted by Gasteiger charge is -2.24. The number of nitrogens with one attached hydrogen (secondary N) is 2. The molecule has 3 aromatic rings. The largest absolute Gasteiger partial charge is 0.417 e. The van der Waals surface area contributed by atoms with E-state index in [0.717, 1.165) is 40.5 Å². The van der Waals surface area contributed by atoms with Crippen LogP contribution in [0.5, 0.6) is 5.88 Å². The molecule has 0 aliphatic heterocycles. The monoisotopic (exact) mass is 410 g/mol. The van der Waals surface area contributed by atoms with Crippen molar-refractivity contribution < 1.29 is 18.3 Å². The number of amides is 1. The van der Waals surface area contributed by atoms with Crippen molar-refractivity contribution in [2.75, 3.05) is 0 Å². The second-order valence-electron chi connectivity index (χ2n) is 6.97. The van der Waals surface area contributed by atoms with Gasteiger partial charge in [-0.2, -0.15) is 8.78 Å². The van der Waals surface area contributed by atoms with Crippen LogP contribution >= 0.6 is 0 Å². The lowest BCUT2D eigenvalue weighted by atomic mass is 9.88. The van der Waals surface area contributed by atoms with Crippen LogP contribution in [0.3, 0.4) is 0 Å². The molecule has 0 saturated heterocycles. The van der Waals surface area contributed by atoms with Crippen LogP contribution in [0.1, 0.15) is 24.8 Å². The number of aromatic amines is 1. The summed E-state index contributed by atoms with van der Waals surface area (Å²) >= 11 is 0. The first-order chi connectivity index (χ1) is 14.5. The summed E-state index contributed by atoms with van der Waals surface area (Å²) in [7, 11) is 0. The van der Waals surface area contributed by atoms with Crippen molar-refractivity contribution in [1.29, 1.82) is 0 Å². The molecule has 1 atom stereocenters. The standard InChI is InChI=1S/C22H20F2N4O2/c1-2-18(29)28-15-5-3-4-13(10-15)16-8-9-25-21-20(16)17(12-27-21)14-6-7-19(26-11-14)30-22(23)24/h2,4,6-9,11-12,15,22H,1,3,5,10H2,(H,25,27)(H,28,29). The van der Waals surface area contributed by atoms with Crippen LogP contribution in [0.25, 0.3) is 27.7 Å². The molecule has 8 heteroatoms. The first-order valence-corrected chi connectivity index (χ1v) is 9.55. The molecule has 0 aromatic carbocycles. The fraction of sp³-hybridized carbons (Fsp3) is 0.227. The topological polar surface area (TPSA) is 79.9 Å². The fourth-order valence-corrected chi connectivity index (χ4v) is 3.77. The normalized spacial score (nSPS) is 16.4. The van der Waals surface area contributed by atoms with E-state index >= 15 is 0 Å². The van der Waals surface area contributed by atoms with Crippen molar-refractivity contribution in [3.8, 4) is 17.0 Å². The number of fused-ring (bicyclic) bond motifs is 1. The number of H-pyrrole nitrogens is 1. The number of aromatic nitrogens is 3. The van der Waals surface area contributed by atoms with Gasteiger partial charge in [-0.3, -0.25) is 4.79 Å². The first-order valence-electron chi connectivity index (χ1n) is 9.55. The molecule has 1 aliphatic carbocycles. The van der Waals surface area contributed by atoms with Gasteiger partial charge in [0, 0.05) is 47.2 Å². The smallest absolute Gasteiger partial charge is 0.388 e. The summed E-state index contributed by atoms with van der Waals surface area (Å²) in [6.07, 6.45) is 10.9. The molecule has 3 heterocycles. The molecule has 1 amide bonds. The van der Waals surface area contributed by atoms with Gasteiger partial charge in [-0.15, -0.1) is 0 Å². The van der Waals surface area contributed by atoms with E-state index < -0.39 is 6.61 Å². The minimum atomic E-state index is -2.92. The number of carbonyl (C=O) groups excluding carboxylic acids is 1. The Balaban J connectivity index is 1.69. The SMILES string of the molecule is C=CC(=O)NC1CCC=C(c2ccnc3[nH]cc(-c4ccc(OC(F)F)nc4)c23)C1. The lowest BCUT2D eigenvalue weighted by Crippen LogP contribution is -2.34. The predicted molar refractivity (Wildman–Crippen MR) is 110 cm³/mol. The van der Waals surface area contributed by atoms with E-state index in [1.165, 1.54) is 18.3 Å². The van der Waals surface area contributed by atoms with Crippen LogP contribution in [0.4, 0.5) is 8.78 Å². The van der Waals surface area contributed by atoms with Gasteiger partial charge in [0.05, 0.1) is 0 Å². The number of allylic oxidation sites excluding steroid dienone is 1. The average Bonchev–Trinajstić information content (AvgIpc) is 3.18. The highest BCUT2D eigenvalue weighted by atomic mass is 19.3. The van der Waals surface area contributed by atoms with Crippen LogP contribution in [-0.4, -0.2) is 33.5 Å². The number of rotatable bonds is 6. The molecule has 154 valence electrons. The Kier molecular flexibility index (Phi) is 5.56. The number of alkyl halides is 2. The van der Waals surface area contributed by atoms with Crippen molar-refractivity contribution in [3.05, 3.63) is 61.1 Å². The van der Waals surface area contributed by atoms with Crippen LogP contribution in [0.2, 0.25) is 0 Å². The average molecular weight is 410 g/mol. The van der Waals surface area contributed by atoms with E-state index in [1.54, 1.807) is 12.3 Å². The number of carbonyl (C=O) groups is 1. The zero-order chi connectivity index (χ0) is 21.1. The summed E-state index contributed by atoms with van der Waals surface area (Å²) in [5, 5.41) is 3.89. The quantitative estimate of drug-likeness (QED) is 0.588. The zero-order valence-corrected chi connectivity index (χ0v) is 16.1. The van der Waals surface area contributed by atoms with Crippen molar-refractivity contribution >= 4 is 22.5 Å². The third kappa shape index (κ3) is 4.07. The maximum atomic E-state index is 12.4. The molecule has 30 heavy (non-hydrogen) atoms. The molecule has 0 bridgehead atoms. The van der Waals surface area contributed by atoms with Gasteiger partial charge in [-0.1, -0.05) is 12.7 Å². The molecule has 1 aliphatic rings. The third-order valence-electron chi connectivity index (χ3n) is 5.08. The van der Waals surface area contributed by atoms with E-state index in [4.69, 9.17) is 0 Å². The molecule has 0 spiro atoms. The van der Waals surface area contributed by atoms with E-state index in [1.807, 2.05) is 12.3 Å². The molecule has 6 nitrogen and oxygen atoms in total. The van der Waals surface area contributed by atoms with E-state index in [0.29, 0.717) is 12.1 Å². The van der Waals surface area contributed by atoms with E-state index in [2.05, 4.69) is 37.7 Å². The Hall–Kier alpha value is -3.55. The van der Waals surface area contributed by atoms with Crippen molar-refractivity contribution in [3.63, 3.8) is 0 Å². The summed E-state index contributed by atoms with van der Waals surface area (Å²) in [5.41, 5.74) is 4.47. The maximum Gasteiger partial charge on any atom is 0.388 e. The molecular weight excluding hydrogens is 390 g/mol. The Labute approximate surface area is 171 Å². The van der Waals surface area contributed by atoms with Gasteiger partial charge in [0.2, 0.25) is 11.8 Å². The highest BCUT2D eigenvalue weighted by Gasteiger charge is 2.21. The second-order valence-corrected chi connectivity index (χ2v) is 6.97. The summed E-state index contributed by atoms with van der Waals surface area (Å²) in [5.74, 6) is -0.316. The van der Waals surface area contributed by atoms with E-state index in [-0.39, 0.29) is 17.8 Å². The van der Waals surface area contributed by atoms with Gasteiger partial charge >= 0.3 is 6.61 Å². The van der Waals surface area contributed by atoms with Gasteiger partial charge in [0.1, 0.15) is 5.65 Å². The molecule has 2 N–H and O–H groups in total. The zero-order valence-electron chi connectivity index (χ0n) is 16.1. The molecule has 0 radical (unpaired) electrons. The molecule has 4 rings (SSSR count). The van der Waals surface area contributed by atoms with E-state index in [9.17, 15) is 13.6 Å². The number of hydrogen-bond acceptors (Lipinski definition) is 4. The van der Waals surface area contributed by atoms with Gasteiger partial charge < -0.3 is 15.0 Å². The highest BCUT2D eigenvalue weighted by molar-refractivity contribution is 6.01. The van der Waals surface area contributed by atoms with Crippen LogP contribution in [0, 0.1) is 0 Å². The maximum absolute atomic E-state index is 12.4. The van der Waals surface area contributed by atoms with Crippen molar-refractivity contribution in [1.82, 2.24) is 20.3 Å². The minimum Gasteiger partial charge on any atom is -0.417 e. The summed E-state index contributed by atoms with van der Waals surface area (Å²) in [6, 6.07) is 5.09. The van der Waals surface area contributed by atoms with Gasteiger partial charge in [-0.05, 0) is 48.6 Å². The highest BCUT2D eigenvalue weighted by Crippen LogP contribution is 2.37. The van der Waals surface area contributed by atoms with Gasteiger partial charge in [-0.25, -0.2) is 9.97 Å². The van der Waals surface area contributed by atoms with Gasteiger partial charge in [0.25, 0.3) is 0 Å². The number of pyridine rings is 2. The number of hydrogen-bond donors (Lipinski definition) is 2. The number of halogens is 2. The minimum absolute atomic E-state index is 0.0357. The molecular formula is C22H20F2N4O2. The van der Waals surface area contributed by atoms with Crippen molar-refractivity contribution in [2.45, 2.75) is 31.9 Å². The third-order valence-corrected chi connectivity index (χ3v) is 5.08. The van der Waals surface area contributed by atoms with Crippen molar-refractivity contribution in [2.24, 2.45) is 0 Å². The van der Waals surface area contributed by atoms with Crippen LogP contribution in [-0.2, 0) is 4.79 Å². The second kappa shape index (κ2) is 8.44. The summed E-state index contributed by atoms with van der Waals surface area (Å²) in [4.78, 5) is 23.2. The number of nitrogens with zero attached hydrogens (tertiary/aromatic N) is 2. The predicted octanol–water partition coefficient (Wildman–Crippen LogP) is 4.46. The molecule has 0 fully saturated rings. The molecule has 0 saturated carbocycles.